The number of nitro groups is 1. The number of aromatic nitrogens is 1. The molecule has 17 heavy (non-hydrogen) atoms. The van der Waals surface area contributed by atoms with Crippen LogP contribution in [0.4, 0.5) is 5.82 Å². The van der Waals surface area contributed by atoms with Gasteiger partial charge in [-0.1, -0.05) is 0 Å². The summed E-state index contributed by atoms with van der Waals surface area (Å²) in [5.41, 5.74) is 0. The zero-order chi connectivity index (χ0) is 12.3. The van der Waals surface area contributed by atoms with Gasteiger partial charge in [-0.3, -0.25) is 0 Å². The van der Waals surface area contributed by atoms with Crippen LogP contribution in [0.5, 0.6) is 5.75 Å². The van der Waals surface area contributed by atoms with Crippen molar-refractivity contribution < 1.29 is 9.66 Å². The van der Waals surface area contributed by atoms with Crippen LogP contribution in [-0.2, 0) is 0 Å². The molecule has 6 nitrogen and oxygen atoms in total. The van der Waals surface area contributed by atoms with Gasteiger partial charge in [-0.05, 0) is 48.5 Å². The SMILES string of the molecule is CN1CCC[C@H]1COc1cccnc1[N+](=O)[O-]. The minimum Gasteiger partial charge on any atom is -0.484 e. The van der Waals surface area contributed by atoms with E-state index in [2.05, 4.69) is 9.88 Å². The highest BCUT2D eigenvalue weighted by molar-refractivity contribution is 5.38. The molecule has 1 aliphatic rings. The van der Waals surface area contributed by atoms with Crippen LogP contribution in [0.1, 0.15) is 12.8 Å². The van der Waals surface area contributed by atoms with E-state index in [-0.39, 0.29) is 11.6 Å². The Balaban J connectivity index is 2.01. The minimum atomic E-state index is -0.520. The van der Waals surface area contributed by atoms with Crippen molar-refractivity contribution in [3.63, 3.8) is 0 Å². The normalized spacial score (nSPS) is 20.4. The van der Waals surface area contributed by atoms with E-state index in [4.69, 9.17) is 4.74 Å². The molecule has 1 aliphatic heterocycles. The Kier molecular flexibility index (Phi) is 3.53. The monoisotopic (exact) mass is 237 g/mol. The lowest BCUT2D eigenvalue weighted by atomic mass is 10.2. The molecule has 0 spiro atoms. The molecule has 2 rings (SSSR count). The standard InChI is InChI=1S/C11H15N3O3/c1-13-7-3-4-9(13)8-17-10-5-2-6-12-11(10)14(15)16/h2,5-6,9H,3-4,7-8H2,1H3/t9-/m0/s1. The summed E-state index contributed by atoms with van der Waals surface area (Å²) in [4.78, 5) is 16.1. The van der Waals surface area contributed by atoms with Crippen molar-refractivity contribution in [1.29, 1.82) is 0 Å². The van der Waals surface area contributed by atoms with Crippen LogP contribution in [0.15, 0.2) is 18.3 Å². The zero-order valence-corrected chi connectivity index (χ0v) is 9.70. The van der Waals surface area contributed by atoms with Gasteiger partial charge < -0.3 is 19.8 Å². The summed E-state index contributed by atoms with van der Waals surface area (Å²) in [6, 6.07) is 3.57. The summed E-state index contributed by atoms with van der Waals surface area (Å²) >= 11 is 0. The van der Waals surface area contributed by atoms with Crippen LogP contribution in [0.3, 0.4) is 0 Å². The van der Waals surface area contributed by atoms with E-state index in [1.165, 1.54) is 6.20 Å². The summed E-state index contributed by atoms with van der Waals surface area (Å²) in [7, 11) is 2.04. The predicted molar refractivity (Wildman–Crippen MR) is 62.0 cm³/mol. The third-order valence-electron chi connectivity index (χ3n) is 3.03. The maximum atomic E-state index is 10.7. The Morgan fingerprint density at radius 2 is 2.53 bits per heavy atom. The second-order valence-corrected chi connectivity index (χ2v) is 4.17. The summed E-state index contributed by atoms with van der Waals surface area (Å²) in [5.74, 6) is 0.0333. The number of pyridine rings is 1. The summed E-state index contributed by atoms with van der Waals surface area (Å²) < 4.78 is 5.51. The number of nitrogens with zero attached hydrogens (tertiary/aromatic N) is 3. The van der Waals surface area contributed by atoms with Crippen molar-refractivity contribution in [3.8, 4) is 5.75 Å². The first-order valence-electron chi connectivity index (χ1n) is 5.61. The smallest absolute Gasteiger partial charge is 0.406 e. The third kappa shape index (κ3) is 2.71. The average Bonchev–Trinajstić information content (AvgIpc) is 2.72. The van der Waals surface area contributed by atoms with Crippen LogP contribution in [0.2, 0.25) is 0 Å². The Labute approximate surface area is 99.4 Å². The number of likely N-dealkylation sites (N-methyl/N-ethyl adjacent to an activating group) is 1. The third-order valence-corrected chi connectivity index (χ3v) is 3.03. The van der Waals surface area contributed by atoms with Crippen LogP contribution < -0.4 is 4.74 Å². The van der Waals surface area contributed by atoms with E-state index in [0.717, 1.165) is 19.4 Å². The number of hydrogen-bond donors (Lipinski definition) is 0. The van der Waals surface area contributed by atoms with Crippen molar-refractivity contribution in [2.75, 3.05) is 20.2 Å². The number of ether oxygens (including phenoxy) is 1. The second kappa shape index (κ2) is 5.09. The molecule has 1 atom stereocenters. The fourth-order valence-electron chi connectivity index (χ4n) is 2.01. The molecular formula is C11H15N3O3. The molecule has 1 aromatic rings. The van der Waals surface area contributed by atoms with Gasteiger partial charge in [0, 0.05) is 6.04 Å². The molecule has 0 unspecified atom stereocenters. The lowest BCUT2D eigenvalue weighted by Gasteiger charge is -2.19. The van der Waals surface area contributed by atoms with Crippen LogP contribution >= 0.6 is 0 Å². The molecular weight excluding hydrogens is 222 g/mol. The van der Waals surface area contributed by atoms with Crippen molar-refractivity contribution in [1.82, 2.24) is 9.88 Å². The molecule has 0 amide bonds. The van der Waals surface area contributed by atoms with Crippen molar-refractivity contribution >= 4 is 5.82 Å². The van der Waals surface area contributed by atoms with Crippen LogP contribution in [0, 0.1) is 10.1 Å². The lowest BCUT2D eigenvalue weighted by Crippen LogP contribution is -2.30. The highest BCUT2D eigenvalue weighted by Gasteiger charge is 2.23. The summed E-state index contributed by atoms with van der Waals surface area (Å²) in [6.07, 6.45) is 3.62. The highest BCUT2D eigenvalue weighted by atomic mass is 16.6. The molecule has 92 valence electrons. The lowest BCUT2D eigenvalue weighted by molar-refractivity contribution is -0.390. The van der Waals surface area contributed by atoms with Crippen LogP contribution in [-0.4, -0.2) is 41.0 Å². The van der Waals surface area contributed by atoms with Crippen molar-refractivity contribution in [2.45, 2.75) is 18.9 Å². The van der Waals surface area contributed by atoms with Gasteiger partial charge >= 0.3 is 5.82 Å². The van der Waals surface area contributed by atoms with E-state index in [1.807, 2.05) is 7.05 Å². The molecule has 0 radical (unpaired) electrons. The molecule has 0 bridgehead atoms. The van der Waals surface area contributed by atoms with Gasteiger partial charge in [-0.25, -0.2) is 0 Å². The maximum Gasteiger partial charge on any atom is 0.406 e. The molecule has 2 heterocycles. The first kappa shape index (κ1) is 11.8. The summed E-state index contributed by atoms with van der Waals surface area (Å²) in [5, 5.41) is 10.7. The average molecular weight is 237 g/mol. The van der Waals surface area contributed by atoms with Gasteiger partial charge in [-0.2, -0.15) is 0 Å². The molecule has 6 heteroatoms. The molecule has 1 saturated heterocycles. The van der Waals surface area contributed by atoms with E-state index in [0.29, 0.717) is 12.6 Å². The van der Waals surface area contributed by atoms with E-state index < -0.39 is 4.92 Å². The first-order valence-corrected chi connectivity index (χ1v) is 5.61. The van der Waals surface area contributed by atoms with Gasteiger partial charge in [0.1, 0.15) is 12.8 Å². The Bertz CT molecular complexity index is 411. The maximum absolute atomic E-state index is 10.7. The minimum absolute atomic E-state index is 0.215. The highest BCUT2D eigenvalue weighted by Crippen LogP contribution is 2.24. The predicted octanol–water partition coefficient (Wildman–Crippen LogP) is 1.46. The Morgan fingerprint density at radius 3 is 3.18 bits per heavy atom. The molecule has 1 fully saturated rings. The Morgan fingerprint density at radius 1 is 1.71 bits per heavy atom. The number of rotatable bonds is 4. The van der Waals surface area contributed by atoms with Gasteiger partial charge in [-0.15, -0.1) is 0 Å². The van der Waals surface area contributed by atoms with E-state index in [1.54, 1.807) is 12.1 Å². The van der Waals surface area contributed by atoms with E-state index in [9.17, 15) is 10.1 Å². The molecule has 0 aromatic carbocycles. The van der Waals surface area contributed by atoms with Gasteiger partial charge in [0.2, 0.25) is 5.75 Å². The van der Waals surface area contributed by atoms with Crippen molar-refractivity contribution in [3.05, 3.63) is 28.4 Å². The van der Waals surface area contributed by atoms with Gasteiger partial charge in [0.25, 0.3) is 0 Å². The van der Waals surface area contributed by atoms with E-state index >= 15 is 0 Å². The molecule has 1 aromatic heterocycles. The summed E-state index contributed by atoms with van der Waals surface area (Å²) in [6.45, 7) is 1.53. The van der Waals surface area contributed by atoms with Crippen LogP contribution in [0.25, 0.3) is 0 Å². The van der Waals surface area contributed by atoms with Gasteiger partial charge in [0.05, 0.1) is 0 Å². The zero-order valence-electron chi connectivity index (χ0n) is 9.70. The molecule has 0 saturated carbocycles. The molecule has 0 aliphatic carbocycles. The Hall–Kier alpha value is -1.69. The number of hydrogen-bond acceptors (Lipinski definition) is 5. The fraction of sp³-hybridized carbons (Fsp3) is 0.545. The first-order chi connectivity index (χ1) is 8.18. The topological polar surface area (TPSA) is 68.5 Å². The number of likely N-dealkylation sites (tertiary alicyclic amines) is 1. The second-order valence-electron chi connectivity index (χ2n) is 4.17. The van der Waals surface area contributed by atoms with Crippen molar-refractivity contribution in [2.24, 2.45) is 0 Å². The quantitative estimate of drug-likeness (QED) is 0.585. The largest absolute Gasteiger partial charge is 0.484 e. The fourth-order valence-corrected chi connectivity index (χ4v) is 2.01. The van der Waals surface area contributed by atoms with Gasteiger partial charge in [0.15, 0.2) is 0 Å². The molecule has 0 N–H and O–H groups in total.